The number of alkyl carbamates (subject to hydrolysis) is 1. The monoisotopic (exact) mass is 542 g/mol. The van der Waals surface area contributed by atoms with Crippen LogP contribution in [0.5, 0.6) is 0 Å². The van der Waals surface area contributed by atoms with Gasteiger partial charge in [-0.25, -0.2) is 9.78 Å². The average molecular weight is 543 g/mol. The summed E-state index contributed by atoms with van der Waals surface area (Å²) in [7, 11) is 0.881. The van der Waals surface area contributed by atoms with E-state index in [1.54, 1.807) is 18.0 Å². The summed E-state index contributed by atoms with van der Waals surface area (Å²) in [4.78, 5) is 35.5. The number of likely N-dealkylation sites (tertiary alicyclic amines) is 1. The van der Waals surface area contributed by atoms with Gasteiger partial charge in [0, 0.05) is 11.8 Å². The maximum Gasteiger partial charge on any atom is 0.494 e. The molecule has 206 valence electrons. The molecule has 0 aliphatic carbocycles. The number of methoxy groups -OCH3 is 1. The Hall–Kier alpha value is -2.50. The number of aromatic amines is 1. The van der Waals surface area contributed by atoms with Crippen LogP contribution in [0.15, 0.2) is 30.5 Å². The Balaban J connectivity index is 1.53. The lowest BCUT2D eigenvalue weighted by atomic mass is 9.79. The molecule has 38 heavy (non-hydrogen) atoms. The fraction of sp³-hybridized carbons (Fsp3) is 0.593. The van der Waals surface area contributed by atoms with Crippen molar-refractivity contribution in [2.24, 2.45) is 5.92 Å². The van der Waals surface area contributed by atoms with Crippen molar-refractivity contribution in [3.05, 3.63) is 36.3 Å². The van der Waals surface area contributed by atoms with Crippen LogP contribution in [0.4, 0.5) is 4.79 Å². The molecule has 11 heteroatoms. The SMILES string of the molecule is COC(=O)NC(C(=O)N1CC(SC)CC1c1ncc(-c2ccc(B3OC(C)(C)C(C)(C)O3)cc2)[nH]1)C(C)C. The van der Waals surface area contributed by atoms with Crippen LogP contribution in [0.1, 0.15) is 59.8 Å². The van der Waals surface area contributed by atoms with Gasteiger partial charge in [-0.1, -0.05) is 38.1 Å². The van der Waals surface area contributed by atoms with Crippen LogP contribution in [0.2, 0.25) is 0 Å². The van der Waals surface area contributed by atoms with Crippen molar-refractivity contribution in [3.8, 4) is 11.3 Å². The minimum atomic E-state index is -0.678. The lowest BCUT2D eigenvalue weighted by Gasteiger charge is -2.32. The molecule has 1 aromatic heterocycles. The normalized spacial score (nSPS) is 23.1. The fourth-order valence-electron chi connectivity index (χ4n) is 4.80. The lowest BCUT2D eigenvalue weighted by molar-refractivity contribution is -0.135. The zero-order valence-corrected chi connectivity index (χ0v) is 24.3. The number of carbonyl (C=O) groups excluding carboxylic acids is 2. The van der Waals surface area contributed by atoms with E-state index in [1.165, 1.54) is 7.11 Å². The van der Waals surface area contributed by atoms with Crippen molar-refractivity contribution in [2.75, 3.05) is 19.9 Å². The van der Waals surface area contributed by atoms with Gasteiger partial charge in [0.2, 0.25) is 5.91 Å². The molecular weight excluding hydrogens is 503 g/mol. The molecule has 0 bridgehead atoms. The van der Waals surface area contributed by atoms with E-state index in [0.717, 1.165) is 29.0 Å². The molecule has 2 aliphatic rings. The van der Waals surface area contributed by atoms with Gasteiger partial charge in [0.1, 0.15) is 11.9 Å². The number of hydrogen-bond acceptors (Lipinski definition) is 7. The number of H-pyrrole nitrogens is 1. The van der Waals surface area contributed by atoms with Gasteiger partial charge in [0.15, 0.2) is 0 Å². The predicted molar refractivity (Wildman–Crippen MR) is 150 cm³/mol. The third-order valence-corrected chi connectivity index (χ3v) is 8.94. The Morgan fingerprint density at radius 3 is 2.37 bits per heavy atom. The number of imidazole rings is 1. The van der Waals surface area contributed by atoms with Gasteiger partial charge in [-0.3, -0.25) is 4.79 Å². The summed E-state index contributed by atoms with van der Waals surface area (Å²) in [5, 5.41) is 2.99. The van der Waals surface area contributed by atoms with Crippen LogP contribution in [0, 0.1) is 5.92 Å². The van der Waals surface area contributed by atoms with Crippen LogP contribution < -0.4 is 10.8 Å². The molecule has 3 unspecified atom stereocenters. The smallest absolute Gasteiger partial charge is 0.453 e. The van der Waals surface area contributed by atoms with Crippen LogP contribution in [0.25, 0.3) is 11.3 Å². The van der Waals surface area contributed by atoms with Crippen molar-refractivity contribution in [3.63, 3.8) is 0 Å². The van der Waals surface area contributed by atoms with Crippen LogP contribution in [-0.2, 0) is 18.8 Å². The van der Waals surface area contributed by atoms with Crippen LogP contribution in [0.3, 0.4) is 0 Å². The molecule has 3 atom stereocenters. The molecule has 0 radical (unpaired) electrons. The first kappa shape index (κ1) is 28.5. The number of rotatable bonds is 7. The second kappa shape index (κ2) is 10.9. The molecule has 2 aromatic rings. The van der Waals surface area contributed by atoms with Crippen molar-refractivity contribution < 1.29 is 23.6 Å². The van der Waals surface area contributed by atoms with Crippen LogP contribution in [-0.4, -0.2) is 76.4 Å². The highest BCUT2D eigenvalue weighted by Gasteiger charge is 2.51. The quantitative estimate of drug-likeness (QED) is 0.514. The van der Waals surface area contributed by atoms with Crippen molar-refractivity contribution in [1.29, 1.82) is 0 Å². The molecule has 2 amide bonds. The Bertz CT molecular complexity index is 1140. The number of ether oxygens (including phenoxy) is 1. The molecule has 0 saturated carbocycles. The van der Waals surface area contributed by atoms with Gasteiger partial charge >= 0.3 is 13.2 Å². The number of benzene rings is 1. The maximum atomic E-state index is 13.6. The van der Waals surface area contributed by atoms with E-state index in [4.69, 9.17) is 14.0 Å². The largest absolute Gasteiger partial charge is 0.494 e. The second-order valence-corrected chi connectivity index (χ2v) is 12.5. The summed E-state index contributed by atoms with van der Waals surface area (Å²) in [6, 6.07) is 7.18. The molecular formula is C27H39BN4O5S. The topological polar surface area (TPSA) is 106 Å². The molecule has 2 fully saturated rings. The average Bonchev–Trinajstić information content (AvgIpc) is 3.57. The minimum Gasteiger partial charge on any atom is -0.453 e. The number of nitrogens with zero attached hydrogens (tertiary/aromatic N) is 2. The van der Waals surface area contributed by atoms with E-state index in [-0.39, 0.29) is 23.1 Å². The zero-order valence-electron chi connectivity index (χ0n) is 23.5. The van der Waals surface area contributed by atoms with E-state index < -0.39 is 30.5 Å². The van der Waals surface area contributed by atoms with Gasteiger partial charge in [-0.05, 0) is 57.3 Å². The van der Waals surface area contributed by atoms with Crippen molar-refractivity contribution >= 4 is 36.3 Å². The Kier molecular flexibility index (Phi) is 8.21. The lowest BCUT2D eigenvalue weighted by Crippen LogP contribution is -2.51. The van der Waals surface area contributed by atoms with Crippen molar-refractivity contribution in [2.45, 2.75) is 76.5 Å². The van der Waals surface area contributed by atoms with E-state index in [9.17, 15) is 9.59 Å². The molecule has 4 rings (SSSR count). The Morgan fingerprint density at radius 2 is 1.82 bits per heavy atom. The highest BCUT2D eigenvalue weighted by Crippen LogP contribution is 2.38. The molecule has 2 aliphatic heterocycles. The molecule has 2 saturated heterocycles. The third kappa shape index (κ3) is 5.60. The predicted octanol–water partition coefficient (Wildman–Crippen LogP) is 3.76. The number of amides is 2. The summed E-state index contributed by atoms with van der Waals surface area (Å²) in [5.41, 5.74) is 2.02. The van der Waals surface area contributed by atoms with Crippen LogP contribution >= 0.6 is 11.8 Å². The molecule has 1 aromatic carbocycles. The van der Waals surface area contributed by atoms with E-state index in [1.807, 2.05) is 70.7 Å². The Labute approximate surface area is 229 Å². The highest BCUT2D eigenvalue weighted by atomic mass is 32.2. The van der Waals surface area contributed by atoms with Gasteiger partial charge in [0.05, 0.1) is 36.2 Å². The number of nitrogens with one attached hydrogen (secondary N) is 2. The first-order chi connectivity index (χ1) is 17.9. The summed E-state index contributed by atoms with van der Waals surface area (Å²) in [5.74, 6) is 0.516. The number of aromatic nitrogens is 2. The summed E-state index contributed by atoms with van der Waals surface area (Å²) >= 11 is 1.74. The summed E-state index contributed by atoms with van der Waals surface area (Å²) < 4.78 is 17.1. The summed E-state index contributed by atoms with van der Waals surface area (Å²) in [6.45, 7) is 12.6. The molecule has 9 nitrogen and oxygen atoms in total. The van der Waals surface area contributed by atoms with Gasteiger partial charge in [-0.15, -0.1) is 0 Å². The standard InChI is InChI=1S/C27H39BN4O5S/c1-16(2)22(31-25(34)35-7)24(33)32-15-19(38-8)13-21(32)23-29-14-20(30-23)17-9-11-18(12-10-17)28-36-26(3,4)27(5,6)37-28/h9-12,14,16,19,21-22H,13,15H2,1-8H3,(H,29,30)(H,31,34). The molecule has 2 N–H and O–H groups in total. The van der Waals surface area contributed by atoms with Gasteiger partial charge in [-0.2, -0.15) is 11.8 Å². The number of carbonyl (C=O) groups is 2. The first-order valence-electron chi connectivity index (χ1n) is 13.1. The van der Waals surface area contributed by atoms with E-state index in [0.29, 0.717) is 6.54 Å². The highest BCUT2D eigenvalue weighted by molar-refractivity contribution is 7.99. The third-order valence-electron chi connectivity index (χ3n) is 7.93. The molecule has 3 heterocycles. The summed E-state index contributed by atoms with van der Waals surface area (Å²) in [6.07, 6.45) is 4.03. The van der Waals surface area contributed by atoms with Gasteiger partial charge < -0.3 is 29.2 Å². The Morgan fingerprint density at radius 1 is 1.18 bits per heavy atom. The maximum absolute atomic E-state index is 13.6. The zero-order chi connectivity index (χ0) is 27.8. The van der Waals surface area contributed by atoms with Gasteiger partial charge in [0.25, 0.3) is 0 Å². The number of hydrogen-bond donors (Lipinski definition) is 2. The second-order valence-electron chi connectivity index (χ2n) is 11.3. The fourth-order valence-corrected chi connectivity index (χ4v) is 5.49. The van der Waals surface area contributed by atoms with E-state index >= 15 is 0 Å². The molecule has 0 spiro atoms. The first-order valence-corrected chi connectivity index (χ1v) is 14.3. The van der Waals surface area contributed by atoms with Crippen molar-refractivity contribution in [1.82, 2.24) is 20.2 Å². The van der Waals surface area contributed by atoms with E-state index in [2.05, 4.69) is 21.5 Å². The number of thioether (sulfide) groups is 1. The minimum absolute atomic E-state index is 0.0924.